The maximum absolute atomic E-state index is 12.7. The van der Waals surface area contributed by atoms with Crippen LogP contribution in [0.5, 0.6) is 0 Å². The number of ether oxygens (including phenoxy) is 2. The lowest BCUT2D eigenvalue weighted by Crippen LogP contribution is -2.55. The second kappa shape index (κ2) is 11.3. The zero-order valence-corrected chi connectivity index (χ0v) is 16.7. The van der Waals surface area contributed by atoms with Crippen LogP contribution in [0, 0.1) is 5.92 Å². The van der Waals surface area contributed by atoms with Crippen LogP contribution >= 0.6 is 0 Å². The molecule has 0 aliphatic heterocycles. The summed E-state index contributed by atoms with van der Waals surface area (Å²) < 4.78 is 10.1. The van der Waals surface area contributed by atoms with Gasteiger partial charge in [0.05, 0.1) is 6.10 Å². The molecular formula is C20H30N2O5. The van der Waals surface area contributed by atoms with Gasteiger partial charge in [0.15, 0.2) is 0 Å². The summed E-state index contributed by atoms with van der Waals surface area (Å²) in [7, 11) is 1.40. The van der Waals surface area contributed by atoms with Crippen molar-refractivity contribution < 1.29 is 23.9 Å². The summed E-state index contributed by atoms with van der Waals surface area (Å²) in [5.41, 5.74) is 0.896. The van der Waals surface area contributed by atoms with Gasteiger partial charge in [-0.1, -0.05) is 44.2 Å². The molecule has 7 nitrogen and oxygen atoms in total. The summed E-state index contributed by atoms with van der Waals surface area (Å²) in [6.07, 6.45) is 0.00424. The van der Waals surface area contributed by atoms with E-state index in [0.717, 1.165) is 5.56 Å². The molecule has 0 aliphatic carbocycles. The maximum Gasteiger partial charge on any atom is 0.329 e. The Hall–Kier alpha value is -2.41. The fraction of sp³-hybridized carbons (Fsp3) is 0.550. The Morgan fingerprint density at radius 3 is 2.15 bits per heavy atom. The first-order valence-corrected chi connectivity index (χ1v) is 9.07. The van der Waals surface area contributed by atoms with E-state index in [9.17, 15) is 14.4 Å². The molecule has 1 rings (SSSR count). The Balaban J connectivity index is 2.91. The molecule has 2 atom stereocenters. The normalized spacial score (nSPS) is 13.1. The molecule has 1 aromatic carbocycles. The van der Waals surface area contributed by atoms with E-state index in [0.29, 0.717) is 6.42 Å². The van der Waals surface area contributed by atoms with Crippen LogP contribution in [0.4, 0.5) is 0 Å². The number of carbonyl (C=O) groups excluding carboxylic acids is 3. The van der Waals surface area contributed by atoms with E-state index >= 15 is 0 Å². The van der Waals surface area contributed by atoms with Crippen molar-refractivity contribution in [3.8, 4) is 0 Å². The number of methoxy groups -OCH3 is 1. The summed E-state index contributed by atoms with van der Waals surface area (Å²) in [6, 6.07) is 7.74. The van der Waals surface area contributed by atoms with E-state index in [1.807, 2.05) is 44.2 Å². The number of nitrogens with one attached hydrogen (secondary N) is 2. The molecule has 0 fully saturated rings. The van der Waals surface area contributed by atoms with Crippen LogP contribution in [0.3, 0.4) is 0 Å². The topological polar surface area (TPSA) is 93.7 Å². The van der Waals surface area contributed by atoms with Gasteiger partial charge in [-0.3, -0.25) is 9.59 Å². The summed E-state index contributed by atoms with van der Waals surface area (Å²) in [6.45, 7) is 6.99. The smallest absolute Gasteiger partial charge is 0.329 e. The third kappa shape index (κ3) is 8.21. The molecular weight excluding hydrogens is 348 g/mol. The van der Waals surface area contributed by atoms with Gasteiger partial charge in [-0.05, 0) is 25.3 Å². The molecule has 27 heavy (non-hydrogen) atoms. The van der Waals surface area contributed by atoms with Gasteiger partial charge in [-0.2, -0.15) is 0 Å². The second-order valence-corrected chi connectivity index (χ2v) is 6.96. The highest BCUT2D eigenvalue weighted by Gasteiger charge is 2.30. The van der Waals surface area contributed by atoms with Crippen LogP contribution in [0.25, 0.3) is 0 Å². The Morgan fingerprint density at radius 2 is 1.63 bits per heavy atom. The molecule has 0 saturated heterocycles. The fourth-order valence-electron chi connectivity index (χ4n) is 2.50. The van der Waals surface area contributed by atoms with Gasteiger partial charge in [0, 0.05) is 13.5 Å². The van der Waals surface area contributed by atoms with E-state index in [-0.39, 0.29) is 18.6 Å². The third-order valence-electron chi connectivity index (χ3n) is 3.78. The summed E-state index contributed by atoms with van der Waals surface area (Å²) in [5, 5.41) is 5.37. The van der Waals surface area contributed by atoms with Crippen molar-refractivity contribution in [1.82, 2.24) is 10.6 Å². The standard InChI is InChI=1S/C20H30N2O5/c1-13(2)18(22-17(23)12-26-5)19(24)21-16(20(25)27-14(3)4)11-15-9-7-6-8-10-15/h6-10,13-14,16,18H,11-12H2,1-5H3,(H,21,24)(H,22,23). The van der Waals surface area contributed by atoms with Crippen molar-refractivity contribution in [2.24, 2.45) is 5.92 Å². The Kier molecular flexibility index (Phi) is 9.50. The summed E-state index contributed by atoms with van der Waals surface area (Å²) >= 11 is 0. The molecule has 150 valence electrons. The van der Waals surface area contributed by atoms with E-state index in [4.69, 9.17) is 9.47 Å². The van der Waals surface area contributed by atoms with Crippen molar-refractivity contribution >= 4 is 17.8 Å². The molecule has 2 amide bonds. The zero-order chi connectivity index (χ0) is 20.4. The average molecular weight is 378 g/mol. The highest BCUT2D eigenvalue weighted by atomic mass is 16.5. The zero-order valence-electron chi connectivity index (χ0n) is 16.7. The highest BCUT2D eigenvalue weighted by Crippen LogP contribution is 2.08. The minimum Gasteiger partial charge on any atom is -0.461 e. The summed E-state index contributed by atoms with van der Waals surface area (Å²) in [5.74, 6) is -1.50. The Bertz CT molecular complexity index is 616. The molecule has 7 heteroatoms. The molecule has 1 aromatic rings. The van der Waals surface area contributed by atoms with Gasteiger partial charge in [-0.15, -0.1) is 0 Å². The van der Waals surface area contributed by atoms with Crippen LogP contribution in [-0.2, 0) is 30.3 Å². The lowest BCUT2D eigenvalue weighted by molar-refractivity contribution is -0.151. The van der Waals surface area contributed by atoms with Crippen molar-refractivity contribution in [2.75, 3.05) is 13.7 Å². The molecule has 0 radical (unpaired) electrons. The molecule has 0 aromatic heterocycles. The third-order valence-corrected chi connectivity index (χ3v) is 3.78. The van der Waals surface area contributed by atoms with Crippen LogP contribution in [-0.4, -0.2) is 49.7 Å². The van der Waals surface area contributed by atoms with Crippen LogP contribution in [0.15, 0.2) is 30.3 Å². The van der Waals surface area contributed by atoms with Gasteiger partial charge >= 0.3 is 5.97 Å². The molecule has 0 spiro atoms. The van der Waals surface area contributed by atoms with E-state index in [2.05, 4.69) is 10.6 Å². The van der Waals surface area contributed by atoms with Gasteiger partial charge in [0.25, 0.3) is 0 Å². The number of hydrogen-bond donors (Lipinski definition) is 2. The number of amides is 2. The second-order valence-electron chi connectivity index (χ2n) is 6.96. The molecule has 0 saturated carbocycles. The van der Waals surface area contributed by atoms with Crippen molar-refractivity contribution in [3.63, 3.8) is 0 Å². The largest absolute Gasteiger partial charge is 0.461 e. The first-order chi connectivity index (χ1) is 12.7. The number of benzene rings is 1. The molecule has 0 bridgehead atoms. The average Bonchev–Trinajstić information content (AvgIpc) is 2.59. The van der Waals surface area contributed by atoms with Crippen molar-refractivity contribution in [2.45, 2.75) is 52.3 Å². The van der Waals surface area contributed by atoms with Crippen molar-refractivity contribution in [3.05, 3.63) is 35.9 Å². The fourth-order valence-corrected chi connectivity index (χ4v) is 2.50. The van der Waals surface area contributed by atoms with Gasteiger partial charge in [0.2, 0.25) is 11.8 Å². The molecule has 2 unspecified atom stereocenters. The van der Waals surface area contributed by atoms with E-state index < -0.39 is 29.9 Å². The number of esters is 1. The number of hydrogen-bond acceptors (Lipinski definition) is 5. The lowest BCUT2D eigenvalue weighted by Gasteiger charge is -2.25. The van der Waals surface area contributed by atoms with Crippen LogP contribution in [0.2, 0.25) is 0 Å². The predicted octanol–water partition coefficient (Wildman–Crippen LogP) is 1.45. The van der Waals surface area contributed by atoms with Crippen LogP contribution < -0.4 is 10.6 Å². The van der Waals surface area contributed by atoms with Crippen molar-refractivity contribution in [1.29, 1.82) is 0 Å². The SMILES string of the molecule is COCC(=O)NC(C(=O)NC(Cc1ccccc1)C(=O)OC(C)C)C(C)C. The van der Waals surface area contributed by atoms with E-state index in [1.54, 1.807) is 13.8 Å². The quantitative estimate of drug-likeness (QED) is 0.601. The minimum atomic E-state index is -0.845. The van der Waals surface area contributed by atoms with Gasteiger partial charge in [0.1, 0.15) is 18.7 Å². The van der Waals surface area contributed by atoms with Gasteiger partial charge in [-0.25, -0.2) is 4.79 Å². The van der Waals surface area contributed by atoms with Crippen LogP contribution in [0.1, 0.15) is 33.3 Å². The Labute approximate surface area is 160 Å². The summed E-state index contributed by atoms with van der Waals surface area (Å²) in [4.78, 5) is 37.0. The maximum atomic E-state index is 12.7. The monoisotopic (exact) mass is 378 g/mol. The minimum absolute atomic E-state index is 0.140. The lowest BCUT2D eigenvalue weighted by atomic mass is 10.0. The molecule has 2 N–H and O–H groups in total. The number of carbonyl (C=O) groups is 3. The molecule has 0 heterocycles. The van der Waals surface area contributed by atoms with Gasteiger partial charge < -0.3 is 20.1 Å². The van der Waals surface area contributed by atoms with E-state index in [1.165, 1.54) is 7.11 Å². The predicted molar refractivity (Wildman–Crippen MR) is 102 cm³/mol. The Morgan fingerprint density at radius 1 is 1.00 bits per heavy atom. The molecule has 0 aliphatic rings. The number of rotatable bonds is 10. The highest BCUT2D eigenvalue weighted by molar-refractivity contribution is 5.91. The first kappa shape index (κ1) is 22.6. The first-order valence-electron chi connectivity index (χ1n) is 9.07.